The van der Waals surface area contributed by atoms with Crippen molar-refractivity contribution in [2.75, 3.05) is 44.2 Å². The number of anilines is 1. The Morgan fingerprint density at radius 2 is 1.44 bits per heavy atom. The Balaban J connectivity index is 1.13. The number of piperidine rings is 2. The topological polar surface area (TPSA) is 84.3 Å². The summed E-state index contributed by atoms with van der Waals surface area (Å²) in [7, 11) is 0. The van der Waals surface area contributed by atoms with Crippen LogP contribution in [-0.4, -0.2) is 83.4 Å². The third-order valence-electron chi connectivity index (χ3n) is 9.58. The maximum atomic E-state index is 14.1. The van der Waals surface area contributed by atoms with Crippen LogP contribution in [0.25, 0.3) is 0 Å². The Hall–Kier alpha value is -2.24. The summed E-state index contributed by atoms with van der Waals surface area (Å²) in [4.78, 5) is 31.2. The number of amides is 2. The molecule has 2 amide bonds. The number of likely N-dealkylation sites (tertiary alicyclic amines) is 2. The number of aliphatic hydroxyl groups is 2. The number of benzene rings is 2. The highest BCUT2D eigenvalue weighted by Gasteiger charge is 2.62. The molecule has 0 saturated carbocycles. The van der Waals surface area contributed by atoms with Crippen molar-refractivity contribution >= 4 is 52.3 Å². The monoisotopic (exact) mass is 689 g/mol. The van der Waals surface area contributed by atoms with Gasteiger partial charge in [-0.15, -0.1) is 0 Å². The number of nitrogens with zero attached hydrogens (tertiary/aromatic N) is 3. The van der Waals surface area contributed by atoms with E-state index in [0.29, 0.717) is 35.9 Å². The lowest BCUT2D eigenvalue weighted by atomic mass is 9.82. The lowest BCUT2D eigenvalue weighted by Gasteiger charge is -2.40. The maximum Gasteiger partial charge on any atom is 0.430 e. The predicted octanol–water partition coefficient (Wildman–Crippen LogP) is 6.54. The summed E-state index contributed by atoms with van der Waals surface area (Å²) in [6.45, 7) is 2.41. The lowest BCUT2D eigenvalue weighted by molar-refractivity contribution is -0.262. The summed E-state index contributed by atoms with van der Waals surface area (Å²) in [5.74, 6) is -0.874. The molecule has 2 atom stereocenters. The maximum absolute atomic E-state index is 14.1. The number of carbonyl (C=O) groups excluding carboxylic acids is 2. The molecule has 45 heavy (non-hydrogen) atoms. The zero-order valence-corrected chi connectivity index (χ0v) is 27.0. The molecule has 3 aliphatic heterocycles. The van der Waals surface area contributed by atoms with Crippen molar-refractivity contribution < 1.29 is 33.0 Å². The summed E-state index contributed by atoms with van der Waals surface area (Å²) < 4.78 is 42.4. The number of alkyl halides is 3. The van der Waals surface area contributed by atoms with Crippen LogP contribution in [0.1, 0.15) is 60.9 Å². The molecular weight excluding hydrogens is 654 g/mol. The quantitative estimate of drug-likeness (QED) is 0.345. The van der Waals surface area contributed by atoms with Gasteiger partial charge in [0.25, 0.3) is 17.4 Å². The minimum atomic E-state index is -5.26. The Morgan fingerprint density at radius 1 is 0.844 bits per heavy atom. The third-order valence-corrected chi connectivity index (χ3v) is 10.3. The molecule has 13 heteroatoms. The van der Waals surface area contributed by atoms with E-state index in [1.807, 2.05) is 12.1 Å². The Morgan fingerprint density at radius 3 is 2.00 bits per heavy atom. The highest BCUT2D eigenvalue weighted by Crippen LogP contribution is 2.43. The highest BCUT2D eigenvalue weighted by atomic mass is 35.5. The minimum Gasteiger partial charge on any atom is -0.394 e. The molecule has 0 aliphatic carbocycles. The molecule has 0 unspecified atom stereocenters. The summed E-state index contributed by atoms with van der Waals surface area (Å²) in [5.41, 5.74) is -3.06. The number of carbonyl (C=O) groups is 2. The van der Waals surface area contributed by atoms with Crippen LogP contribution in [0.4, 0.5) is 18.9 Å². The van der Waals surface area contributed by atoms with E-state index in [1.54, 1.807) is 11.0 Å². The van der Waals surface area contributed by atoms with Crippen LogP contribution in [0.15, 0.2) is 36.4 Å². The van der Waals surface area contributed by atoms with Gasteiger partial charge >= 0.3 is 6.18 Å². The molecule has 5 rings (SSSR count). The average molecular weight is 691 g/mol. The molecule has 0 bridgehead atoms. The van der Waals surface area contributed by atoms with Gasteiger partial charge in [0, 0.05) is 54.0 Å². The number of hydrogen-bond donors (Lipinski definition) is 2. The molecule has 7 nitrogen and oxygen atoms in total. The minimum absolute atomic E-state index is 0.0608. The Labute approximate surface area is 275 Å². The van der Waals surface area contributed by atoms with E-state index in [9.17, 15) is 33.0 Å². The Bertz CT molecular complexity index is 1380. The molecule has 0 spiro atoms. The molecule has 3 heterocycles. The summed E-state index contributed by atoms with van der Waals surface area (Å²) >= 11 is 18.3. The van der Waals surface area contributed by atoms with Crippen molar-refractivity contribution in [1.29, 1.82) is 0 Å². The van der Waals surface area contributed by atoms with E-state index in [2.05, 4.69) is 4.90 Å². The van der Waals surface area contributed by atoms with Gasteiger partial charge in [-0.1, -0.05) is 34.8 Å². The summed E-state index contributed by atoms with van der Waals surface area (Å²) in [5, 5.41) is 20.5. The summed E-state index contributed by atoms with van der Waals surface area (Å²) in [6.07, 6.45) is 0.273. The molecule has 0 aromatic heterocycles. The van der Waals surface area contributed by atoms with Gasteiger partial charge in [0.15, 0.2) is 0 Å². The van der Waals surface area contributed by atoms with Gasteiger partial charge in [-0.25, -0.2) is 0 Å². The van der Waals surface area contributed by atoms with E-state index in [0.717, 1.165) is 67.9 Å². The first-order valence-electron chi connectivity index (χ1n) is 15.3. The van der Waals surface area contributed by atoms with Crippen molar-refractivity contribution in [3.8, 4) is 0 Å². The van der Waals surface area contributed by atoms with Gasteiger partial charge in [0.2, 0.25) is 0 Å². The van der Waals surface area contributed by atoms with Crippen LogP contribution in [0, 0.1) is 11.8 Å². The normalized spacial score (nSPS) is 21.7. The zero-order valence-electron chi connectivity index (χ0n) is 24.7. The second-order valence-electron chi connectivity index (χ2n) is 12.4. The molecule has 3 saturated heterocycles. The van der Waals surface area contributed by atoms with Crippen LogP contribution in [0.3, 0.4) is 0 Å². The zero-order chi connectivity index (χ0) is 32.5. The highest BCUT2D eigenvalue weighted by molar-refractivity contribution is 6.35. The third kappa shape index (κ3) is 7.20. The fourth-order valence-corrected chi connectivity index (χ4v) is 7.77. The molecule has 3 fully saturated rings. The molecule has 0 radical (unpaired) electrons. The van der Waals surface area contributed by atoms with E-state index >= 15 is 0 Å². The predicted molar refractivity (Wildman–Crippen MR) is 168 cm³/mol. The molecule has 2 aromatic rings. The standard InChI is InChI=1S/C32H37Cl3F3N3O4/c33-23-15-22(16-24(34)17-23)31(45,32(36,37)38)30(44)40-12-7-21(8-13-40)14-20-5-10-39(11-6-20)25-3-4-27(28(35)18-25)29(43)41-9-1-2-26(41)19-42/h3-4,15-18,20-21,26,42,45H,1-2,5-14,19H2/t26-,31+/m0/s1. The SMILES string of the molecule is O=C(c1ccc(N2CCC(CC3CCN(C(=O)[C@](O)(c4cc(Cl)cc(Cl)c4)C(F)(F)F)CC3)CC2)cc1Cl)N1CCC[C@H]1CO. The van der Waals surface area contributed by atoms with E-state index in [4.69, 9.17) is 34.8 Å². The van der Waals surface area contributed by atoms with Crippen LogP contribution in [-0.2, 0) is 10.4 Å². The van der Waals surface area contributed by atoms with Gasteiger partial charge in [0.1, 0.15) is 0 Å². The van der Waals surface area contributed by atoms with Crippen LogP contribution < -0.4 is 4.90 Å². The van der Waals surface area contributed by atoms with Crippen LogP contribution in [0.2, 0.25) is 15.1 Å². The Kier molecular flexibility index (Phi) is 10.5. The van der Waals surface area contributed by atoms with E-state index in [-0.39, 0.29) is 47.6 Å². The molecule has 3 aliphatic rings. The molecule has 2 aromatic carbocycles. The van der Waals surface area contributed by atoms with E-state index < -0.39 is 23.2 Å². The van der Waals surface area contributed by atoms with Crippen LogP contribution >= 0.6 is 34.8 Å². The van der Waals surface area contributed by atoms with Crippen molar-refractivity contribution in [2.45, 2.75) is 62.8 Å². The van der Waals surface area contributed by atoms with Gasteiger partial charge in [-0.05, 0) is 93.2 Å². The van der Waals surface area contributed by atoms with Crippen molar-refractivity contribution in [1.82, 2.24) is 9.80 Å². The van der Waals surface area contributed by atoms with Crippen molar-refractivity contribution in [3.05, 3.63) is 62.6 Å². The number of rotatable bonds is 7. The average Bonchev–Trinajstić information content (AvgIpc) is 3.49. The number of hydrogen-bond acceptors (Lipinski definition) is 5. The smallest absolute Gasteiger partial charge is 0.394 e. The first kappa shape index (κ1) is 34.1. The molecular formula is C32H37Cl3F3N3O4. The van der Waals surface area contributed by atoms with Gasteiger partial charge < -0.3 is 24.9 Å². The summed E-state index contributed by atoms with van der Waals surface area (Å²) in [6, 6.07) is 8.40. The fourth-order valence-electron chi connectivity index (χ4n) is 6.99. The van der Waals surface area contributed by atoms with Gasteiger partial charge in [-0.2, -0.15) is 13.2 Å². The second kappa shape index (κ2) is 13.9. The van der Waals surface area contributed by atoms with Crippen molar-refractivity contribution in [3.63, 3.8) is 0 Å². The lowest BCUT2D eigenvalue weighted by Crippen LogP contribution is -2.57. The number of halogens is 6. The fraction of sp³-hybridized carbons (Fsp3) is 0.562. The first-order valence-corrected chi connectivity index (χ1v) is 16.5. The second-order valence-corrected chi connectivity index (χ2v) is 13.7. The molecule has 2 N–H and O–H groups in total. The van der Waals surface area contributed by atoms with E-state index in [1.165, 1.54) is 6.07 Å². The first-order chi connectivity index (χ1) is 21.3. The largest absolute Gasteiger partial charge is 0.430 e. The van der Waals surface area contributed by atoms with Crippen molar-refractivity contribution in [2.24, 2.45) is 11.8 Å². The van der Waals surface area contributed by atoms with Gasteiger partial charge in [0.05, 0.1) is 23.2 Å². The van der Waals surface area contributed by atoms with Crippen LogP contribution in [0.5, 0.6) is 0 Å². The number of aliphatic hydroxyl groups excluding tert-OH is 1. The van der Waals surface area contributed by atoms with Gasteiger partial charge in [-0.3, -0.25) is 9.59 Å². The molecule has 246 valence electrons.